The van der Waals surface area contributed by atoms with Crippen molar-refractivity contribution in [1.29, 1.82) is 0 Å². The fraction of sp³-hybridized carbons (Fsp3) is 0.263. The summed E-state index contributed by atoms with van der Waals surface area (Å²) >= 11 is 0. The molecule has 1 amide bonds. The molecule has 3 aromatic rings. The minimum atomic E-state index is -2.80. The second kappa shape index (κ2) is 8.03. The van der Waals surface area contributed by atoms with Crippen molar-refractivity contribution < 1.29 is 22.7 Å². The van der Waals surface area contributed by atoms with Crippen molar-refractivity contribution in [2.75, 3.05) is 5.32 Å². The fourth-order valence-corrected chi connectivity index (χ4v) is 2.45. The Labute approximate surface area is 154 Å². The van der Waals surface area contributed by atoms with Gasteiger partial charge < -0.3 is 14.5 Å². The van der Waals surface area contributed by atoms with Crippen LogP contribution in [0.1, 0.15) is 36.5 Å². The van der Waals surface area contributed by atoms with Crippen molar-refractivity contribution in [3.05, 3.63) is 60.1 Å². The Morgan fingerprint density at radius 1 is 1.22 bits per heavy atom. The topological polar surface area (TPSA) is 69.3 Å². The van der Waals surface area contributed by atoms with Crippen LogP contribution in [0.4, 0.5) is 14.5 Å². The number of hydrogen-bond donors (Lipinski definition) is 1. The van der Waals surface area contributed by atoms with E-state index in [0.717, 1.165) is 0 Å². The smallest absolute Gasteiger partial charge is 0.291 e. The molecule has 2 aromatic heterocycles. The first-order valence-corrected chi connectivity index (χ1v) is 8.42. The van der Waals surface area contributed by atoms with E-state index in [9.17, 15) is 13.6 Å². The van der Waals surface area contributed by atoms with Gasteiger partial charge in [-0.25, -0.2) is 8.78 Å². The van der Waals surface area contributed by atoms with Gasteiger partial charge >= 0.3 is 0 Å². The minimum Gasteiger partial charge on any atom is -0.426 e. The number of carbonyl (C=O) groups excluding carboxylic acids is 1. The lowest BCUT2D eigenvalue weighted by Crippen LogP contribution is -2.11. The first-order valence-electron chi connectivity index (χ1n) is 8.42. The van der Waals surface area contributed by atoms with E-state index in [1.165, 1.54) is 23.0 Å². The van der Waals surface area contributed by atoms with Crippen LogP contribution in [0.25, 0.3) is 0 Å². The predicted molar refractivity (Wildman–Crippen MR) is 95.2 cm³/mol. The number of alkyl halides is 2. The third-order valence-corrected chi connectivity index (χ3v) is 3.56. The van der Waals surface area contributed by atoms with Crippen molar-refractivity contribution >= 4 is 11.6 Å². The number of anilines is 1. The maximum atomic E-state index is 13.2. The summed E-state index contributed by atoms with van der Waals surface area (Å²) in [5, 5.41) is 6.28. The second-order valence-electron chi connectivity index (χ2n) is 6.33. The number of aromatic nitrogens is 2. The van der Waals surface area contributed by atoms with E-state index < -0.39 is 18.0 Å². The number of carbonyl (C=O) groups is 1. The van der Waals surface area contributed by atoms with Crippen LogP contribution in [0.2, 0.25) is 0 Å². The first-order chi connectivity index (χ1) is 12.9. The standard InChI is InChI=1S/C19H19F2N3O3/c1-12(2)10-24-11-14(17(23-24)18(20)21)22-19(25)15-8-9-16(27-15)26-13-6-4-3-5-7-13/h3-9,11-12,18H,10H2,1-2H3,(H,22,25). The number of nitrogens with zero attached hydrogens (tertiary/aromatic N) is 2. The van der Waals surface area contributed by atoms with Crippen LogP contribution in [-0.4, -0.2) is 15.7 Å². The van der Waals surface area contributed by atoms with E-state index in [4.69, 9.17) is 9.15 Å². The van der Waals surface area contributed by atoms with E-state index in [1.807, 2.05) is 19.9 Å². The molecule has 142 valence electrons. The number of nitrogens with one attached hydrogen (secondary N) is 1. The van der Waals surface area contributed by atoms with E-state index in [2.05, 4.69) is 10.4 Å². The van der Waals surface area contributed by atoms with Gasteiger partial charge in [-0.2, -0.15) is 5.10 Å². The number of halogens is 2. The number of furan rings is 1. The SMILES string of the molecule is CC(C)Cn1cc(NC(=O)c2ccc(Oc3ccccc3)o2)c(C(F)F)n1. The van der Waals surface area contributed by atoms with Gasteiger partial charge in [-0.05, 0) is 24.1 Å². The molecule has 0 saturated carbocycles. The van der Waals surface area contributed by atoms with Gasteiger partial charge in [-0.3, -0.25) is 9.48 Å². The predicted octanol–water partition coefficient (Wildman–Crippen LogP) is 5.11. The summed E-state index contributed by atoms with van der Waals surface area (Å²) in [5.41, 5.74) is -0.520. The highest BCUT2D eigenvalue weighted by Crippen LogP contribution is 2.28. The van der Waals surface area contributed by atoms with E-state index in [0.29, 0.717) is 12.3 Å². The second-order valence-corrected chi connectivity index (χ2v) is 6.33. The molecule has 1 N–H and O–H groups in total. The third-order valence-electron chi connectivity index (χ3n) is 3.56. The van der Waals surface area contributed by atoms with Crippen LogP contribution in [0.3, 0.4) is 0 Å². The van der Waals surface area contributed by atoms with Crippen molar-refractivity contribution in [3.8, 4) is 11.7 Å². The summed E-state index contributed by atoms with van der Waals surface area (Å²) in [6, 6.07) is 11.8. The fourth-order valence-electron chi connectivity index (χ4n) is 2.45. The van der Waals surface area contributed by atoms with E-state index in [1.54, 1.807) is 24.3 Å². The molecule has 0 unspecified atom stereocenters. The maximum Gasteiger partial charge on any atom is 0.291 e. The maximum absolute atomic E-state index is 13.2. The Kier molecular flexibility index (Phi) is 5.54. The zero-order valence-corrected chi connectivity index (χ0v) is 14.9. The summed E-state index contributed by atoms with van der Waals surface area (Å²) in [4.78, 5) is 12.3. The Balaban J connectivity index is 1.73. The highest BCUT2D eigenvalue weighted by Gasteiger charge is 2.22. The quantitative estimate of drug-likeness (QED) is 0.623. The average molecular weight is 375 g/mol. The summed E-state index contributed by atoms with van der Waals surface area (Å²) in [6.07, 6.45) is -1.41. The molecule has 6 nitrogen and oxygen atoms in total. The minimum absolute atomic E-state index is 0.0439. The average Bonchev–Trinajstić information content (AvgIpc) is 3.22. The normalized spacial score (nSPS) is 11.2. The highest BCUT2D eigenvalue weighted by atomic mass is 19.3. The zero-order valence-electron chi connectivity index (χ0n) is 14.9. The van der Waals surface area contributed by atoms with Crippen LogP contribution in [0, 0.1) is 5.92 Å². The molecule has 1 aromatic carbocycles. The largest absolute Gasteiger partial charge is 0.426 e. The lowest BCUT2D eigenvalue weighted by atomic mass is 10.2. The molecule has 2 heterocycles. The molecule has 0 fully saturated rings. The van der Waals surface area contributed by atoms with Crippen LogP contribution < -0.4 is 10.1 Å². The van der Waals surface area contributed by atoms with Crippen molar-refractivity contribution in [1.82, 2.24) is 9.78 Å². The molecule has 0 atom stereocenters. The van der Waals surface area contributed by atoms with Crippen LogP contribution >= 0.6 is 0 Å². The Morgan fingerprint density at radius 2 is 1.96 bits per heavy atom. The van der Waals surface area contributed by atoms with Gasteiger partial charge in [0.25, 0.3) is 18.3 Å². The van der Waals surface area contributed by atoms with Crippen molar-refractivity contribution in [2.45, 2.75) is 26.8 Å². The molecule has 0 spiro atoms. The molecular formula is C19H19F2N3O3. The lowest BCUT2D eigenvalue weighted by Gasteiger charge is -2.03. The summed E-state index contributed by atoms with van der Waals surface area (Å²) < 4.78 is 38.6. The molecule has 0 saturated heterocycles. The third kappa shape index (κ3) is 4.72. The van der Waals surface area contributed by atoms with Crippen LogP contribution in [0.15, 0.2) is 53.1 Å². The summed E-state index contributed by atoms with van der Waals surface area (Å²) in [6.45, 7) is 4.35. The van der Waals surface area contributed by atoms with Crippen LogP contribution in [-0.2, 0) is 6.54 Å². The lowest BCUT2D eigenvalue weighted by molar-refractivity contribution is 0.0991. The molecule has 0 radical (unpaired) electrons. The number of para-hydroxylation sites is 1. The monoisotopic (exact) mass is 375 g/mol. The van der Waals surface area contributed by atoms with Gasteiger partial charge in [0.1, 0.15) is 5.75 Å². The Bertz CT molecular complexity index is 904. The van der Waals surface area contributed by atoms with Gasteiger partial charge in [-0.1, -0.05) is 32.0 Å². The van der Waals surface area contributed by atoms with Crippen molar-refractivity contribution in [3.63, 3.8) is 0 Å². The van der Waals surface area contributed by atoms with E-state index >= 15 is 0 Å². The van der Waals surface area contributed by atoms with Crippen LogP contribution in [0.5, 0.6) is 11.7 Å². The highest BCUT2D eigenvalue weighted by molar-refractivity contribution is 6.02. The molecule has 3 rings (SSSR count). The summed E-state index contributed by atoms with van der Waals surface area (Å²) in [7, 11) is 0. The number of ether oxygens (including phenoxy) is 1. The molecule has 0 bridgehead atoms. The van der Waals surface area contributed by atoms with Crippen molar-refractivity contribution in [2.24, 2.45) is 5.92 Å². The van der Waals surface area contributed by atoms with Gasteiger partial charge in [0, 0.05) is 18.8 Å². The van der Waals surface area contributed by atoms with Gasteiger partial charge in [-0.15, -0.1) is 0 Å². The molecule has 0 aliphatic carbocycles. The van der Waals surface area contributed by atoms with Gasteiger partial charge in [0.05, 0.1) is 5.69 Å². The Hall–Kier alpha value is -3.16. The number of amides is 1. The van der Waals surface area contributed by atoms with Gasteiger partial charge in [0.15, 0.2) is 11.5 Å². The van der Waals surface area contributed by atoms with E-state index in [-0.39, 0.29) is 23.3 Å². The summed E-state index contributed by atoms with van der Waals surface area (Å²) in [5.74, 6) is 0.174. The zero-order chi connectivity index (χ0) is 19.4. The molecule has 0 aliphatic heterocycles. The first kappa shape index (κ1) is 18.6. The molecule has 8 heteroatoms. The molecule has 27 heavy (non-hydrogen) atoms. The van der Waals surface area contributed by atoms with Gasteiger partial charge in [0.2, 0.25) is 0 Å². The Morgan fingerprint density at radius 3 is 2.63 bits per heavy atom. The number of rotatable bonds is 7. The number of benzene rings is 1. The molecular weight excluding hydrogens is 356 g/mol. The number of hydrogen-bond acceptors (Lipinski definition) is 4. The molecule has 0 aliphatic rings.